The largest absolute Gasteiger partial charge is 0.378 e. The molecule has 2 heteroatoms. The molecule has 0 aliphatic rings. The molecule has 2 aromatic rings. The van der Waals surface area contributed by atoms with Crippen molar-refractivity contribution >= 4 is 17.8 Å². The van der Waals surface area contributed by atoms with Crippen molar-refractivity contribution in [3.63, 3.8) is 0 Å². The van der Waals surface area contributed by atoms with Gasteiger partial charge in [-0.15, -0.1) is 0 Å². The van der Waals surface area contributed by atoms with Gasteiger partial charge in [-0.3, -0.25) is 4.98 Å². The zero-order chi connectivity index (χ0) is 13.0. The molecule has 0 aliphatic heterocycles. The minimum Gasteiger partial charge on any atom is -0.378 e. The number of hydrogen-bond acceptors (Lipinski definition) is 2. The highest BCUT2D eigenvalue weighted by molar-refractivity contribution is 5.71. The van der Waals surface area contributed by atoms with Gasteiger partial charge in [0.25, 0.3) is 0 Å². The first kappa shape index (κ1) is 12.4. The van der Waals surface area contributed by atoms with Gasteiger partial charge in [0.2, 0.25) is 0 Å². The number of hydrogen-bond donors (Lipinski definition) is 0. The summed E-state index contributed by atoms with van der Waals surface area (Å²) in [6.45, 7) is 2.07. The molecule has 18 heavy (non-hydrogen) atoms. The Balaban J connectivity index is 2.17. The Hall–Kier alpha value is -2.09. The Bertz CT molecular complexity index is 539. The van der Waals surface area contributed by atoms with Crippen LogP contribution in [0, 0.1) is 6.92 Å². The molecule has 1 aromatic carbocycles. The highest BCUT2D eigenvalue weighted by atomic mass is 15.1. The van der Waals surface area contributed by atoms with E-state index in [-0.39, 0.29) is 0 Å². The van der Waals surface area contributed by atoms with Crippen molar-refractivity contribution in [1.82, 2.24) is 4.98 Å². The number of rotatable bonds is 3. The van der Waals surface area contributed by atoms with E-state index in [9.17, 15) is 0 Å². The molecule has 0 fully saturated rings. The third-order valence-corrected chi connectivity index (χ3v) is 2.93. The first-order valence-electron chi connectivity index (χ1n) is 6.03. The van der Waals surface area contributed by atoms with Crippen LogP contribution in [0.2, 0.25) is 0 Å². The van der Waals surface area contributed by atoms with E-state index in [0.717, 1.165) is 0 Å². The summed E-state index contributed by atoms with van der Waals surface area (Å²) >= 11 is 0. The van der Waals surface area contributed by atoms with Crippen LogP contribution in [-0.4, -0.2) is 19.1 Å². The van der Waals surface area contributed by atoms with Crippen molar-refractivity contribution in [3.05, 3.63) is 59.4 Å². The van der Waals surface area contributed by atoms with Gasteiger partial charge in [-0.1, -0.05) is 24.3 Å². The Morgan fingerprint density at radius 1 is 1.00 bits per heavy atom. The van der Waals surface area contributed by atoms with Crippen LogP contribution in [0.1, 0.15) is 16.7 Å². The molecular formula is C16H18N2. The van der Waals surface area contributed by atoms with Crippen molar-refractivity contribution in [3.8, 4) is 0 Å². The smallest absolute Gasteiger partial charge is 0.0361 e. The average molecular weight is 238 g/mol. The summed E-state index contributed by atoms with van der Waals surface area (Å²) in [7, 11) is 4.09. The first-order valence-corrected chi connectivity index (χ1v) is 6.03. The van der Waals surface area contributed by atoms with E-state index in [1.165, 1.54) is 22.4 Å². The summed E-state index contributed by atoms with van der Waals surface area (Å²) in [6, 6.07) is 10.5. The van der Waals surface area contributed by atoms with Crippen molar-refractivity contribution in [2.45, 2.75) is 6.92 Å². The van der Waals surface area contributed by atoms with Crippen molar-refractivity contribution in [2.24, 2.45) is 0 Å². The molecule has 0 aliphatic carbocycles. The van der Waals surface area contributed by atoms with Crippen LogP contribution in [0.5, 0.6) is 0 Å². The third kappa shape index (κ3) is 2.98. The van der Waals surface area contributed by atoms with E-state index in [2.05, 4.69) is 53.2 Å². The molecule has 0 atom stereocenters. The molecule has 2 nitrogen and oxygen atoms in total. The van der Waals surface area contributed by atoms with Gasteiger partial charge in [0.15, 0.2) is 0 Å². The lowest BCUT2D eigenvalue weighted by Gasteiger charge is -2.11. The molecule has 0 saturated carbocycles. The number of pyridine rings is 1. The van der Waals surface area contributed by atoms with Gasteiger partial charge >= 0.3 is 0 Å². The zero-order valence-electron chi connectivity index (χ0n) is 11.1. The lowest BCUT2D eigenvalue weighted by atomic mass is 10.1. The van der Waals surface area contributed by atoms with E-state index in [4.69, 9.17) is 0 Å². The summed E-state index contributed by atoms with van der Waals surface area (Å²) in [4.78, 5) is 6.19. The van der Waals surface area contributed by atoms with Crippen LogP contribution in [0.15, 0.2) is 42.7 Å². The Morgan fingerprint density at radius 2 is 1.72 bits per heavy atom. The summed E-state index contributed by atoms with van der Waals surface area (Å²) in [5.74, 6) is 0. The number of anilines is 1. The average Bonchev–Trinajstić information content (AvgIpc) is 2.38. The predicted molar refractivity (Wildman–Crippen MR) is 78.7 cm³/mol. The van der Waals surface area contributed by atoms with E-state index in [0.29, 0.717) is 0 Å². The van der Waals surface area contributed by atoms with Crippen molar-refractivity contribution in [1.29, 1.82) is 0 Å². The molecule has 0 saturated heterocycles. The minimum atomic E-state index is 1.19. The number of benzene rings is 1. The molecule has 0 spiro atoms. The van der Waals surface area contributed by atoms with Gasteiger partial charge < -0.3 is 4.90 Å². The van der Waals surface area contributed by atoms with Gasteiger partial charge in [0.1, 0.15) is 0 Å². The van der Waals surface area contributed by atoms with Crippen LogP contribution >= 0.6 is 0 Å². The Labute approximate surface area is 109 Å². The molecule has 2 rings (SSSR count). The summed E-state index contributed by atoms with van der Waals surface area (Å²) in [5.41, 5.74) is 4.82. The Kier molecular flexibility index (Phi) is 3.78. The summed E-state index contributed by atoms with van der Waals surface area (Å²) in [5, 5.41) is 0. The molecule has 0 radical (unpaired) electrons. The minimum absolute atomic E-state index is 1.19. The maximum absolute atomic E-state index is 4.09. The van der Waals surface area contributed by atoms with Gasteiger partial charge in [0.05, 0.1) is 0 Å². The quantitative estimate of drug-likeness (QED) is 0.811. The lowest BCUT2D eigenvalue weighted by molar-refractivity contribution is 1.13. The van der Waals surface area contributed by atoms with Crippen LogP contribution in [0.25, 0.3) is 12.2 Å². The predicted octanol–water partition coefficient (Wildman–Crippen LogP) is 3.63. The molecule has 1 heterocycles. The fourth-order valence-corrected chi connectivity index (χ4v) is 1.74. The highest BCUT2D eigenvalue weighted by Crippen LogP contribution is 2.15. The van der Waals surface area contributed by atoms with E-state index in [1.807, 2.05) is 32.6 Å². The van der Waals surface area contributed by atoms with Crippen molar-refractivity contribution in [2.75, 3.05) is 19.0 Å². The third-order valence-electron chi connectivity index (χ3n) is 2.93. The highest BCUT2D eigenvalue weighted by Gasteiger charge is 1.95. The summed E-state index contributed by atoms with van der Waals surface area (Å²) < 4.78 is 0. The van der Waals surface area contributed by atoms with E-state index in [1.54, 1.807) is 0 Å². The van der Waals surface area contributed by atoms with Crippen LogP contribution in [0.4, 0.5) is 5.69 Å². The molecule has 0 N–H and O–H groups in total. The van der Waals surface area contributed by atoms with Crippen molar-refractivity contribution < 1.29 is 0 Å². The van der Waals surface area contributed by atoms with Gasteiger partial charge in [0, 0.05) is 32.2 Å². The fraction of sp³-hybridized carbons (Fsp3) is 0.188. The SMILES string of the molecule is Cc1cnccc1/C=C/c1ccc(N(C)C)cc1. The number of aromatic nitrogens is 1. The molecule has 1 aromatic heterocycles. The maximum Gasteiger partial charge on any atom is 0.0361 e. The lowest BCUT2D eigenvalue weighted by Crippen LogP contribution is -2.07. The standard InChI is InChI=1S/C16H18N2/c1-13-12-17-11-10-15(13)7-4-14-5-8-16(9-6-14)18(2)3/h4-12H,1-3H3/b7-4+. The van der Waals surface area contributed by atoms with Crippen LogP contribution in [0.3, 0.4) is 0 Å². The second kappa shape index (κ2) is 5.50. The van der Waals surface area contributed by atoms with Crippen LogP contribution < -0.4 is 4.90 Å². The van der Waals surface area contributed by atoms with E-state index < -0.39 is 0 Å². The molecule has 92 valence electrons. The molecule has 0 amide bonds. The molecular weight excluding hydrogens is 220 g/mol. The second-order valence-corrected chi connectivity index (χ2v) is 4.55. The monoisotopic (exact) mass is 238 g/mol. The number of aryl methyl sites for hydroxylation is 1. The first-order chi connectivity index (χ1) is 8.66. The molecule has 0 unspecified atom stereocenters. The molecule has 0 bridgehead atoms. The Morgan fingerprint density at radius 3 is 2.33 bits per heavy atom. The topological polar surface area (TPSA) is 16.1 Å². The van der Waals surface area contributed by atoms with Gasteiger partial charge in [-0.25, -0.2) is 0 Å². The number of nitrogens with zero attached hydrogens (tertiary/aromatic N) is 2. The van der Waals surface area contributed by atoms with Crippen LogP contribution in [-0.2, 0) is 0 Å². The second-order valence-electron chi connectivity index (χ2n) is 4.55. The van der Waals surface area contributed by atoms with Gasteiger partial charge in [-0.05, 0) is 41.8 Å². The maximum atomic E-state index is 4.09. The summed E-state index contributed by atoms with van der Waals surface area (Å²) in [6.07, 6.45) is 7.96. The fourth-order valence-electron chi connectivity index (χ4n) is 1.74. The van der Waals surface area contributed by atoms with E-state index >= 15 is 0 Å². The van der Waals surface area contributed by atoms with Gasteiger partial charge in [-0.2, -0.15) is 0 Å². The normalized spacial score (nSPS) is 10.8. The zero-order valence-corrected chi connectivity index (χ0v) is 11.1.